The second kappa shape index (κ2) is 21.7. The van der Waals surface area contributed by atoms with Gasteiger partial charge in [-0.25, -0.2) is 9.59 Å². The molecule has 2 amide bonds. The Kier molecular flexibility index (Phi) is 17.7. The maximum Gasteiger partial charge on any atom is 0.407 e. The second-order valence-electron chi connectivity index (χ2n) is 9.91. The molecule has 1 aromatic rings. The molecule has 0 aromatic carbocycles. The summed E-state index contributed by atoms with van der Waals surface area (Å²) in [6.45, 7) is 2.57. The van der Waals surface area contributed by atoms with E-state index in [4.69, 9.17) is 9.47 Å². The minimum absolute atomic E-state index is 0.0505. The molecule has 2 atom stereocenters. The fourth-order valence-corrected chi connectivity index (χ4v) is 4.11. The molecule has 1 fully saturated rings. The largest absolute Gasteiger partial charge is 0.447 e. The predicted octanol–water partition coefficient (Wildman–Crippen LogP) is 5.12. The first-order valence-corrected chi connectivity index (χ1v) is 15.0. The number of ether oxygens (including phenoxy) is 2. The van der Waals surface area contributed by atoms with E-state index < -0.39 is 35.5 Å². The van der Waals surface area contributed by atoms with Crippen LogP contribution in [0.4, 0.5) is 9.18 Å². The summed E-state index contributed by atoms with van der Waals surface area (Å²) < 4.78 is 25.2. The van der Waals surface area contributed by atoms with Crippen LogP contribution in [-0.4, -0.2) is 47.4 Å². The minimum Gasteiger partial charge on any atom is -0.447 e. The normalized spacial score (nSPS) is 17.3. The van der Waals surface area contributed by atoms with Crippen molar-refractivity contribution in [3.63, 3.8) is 0 Å². The van der Waals surface area contributed by atoms with E-state index >= 15 is 0 Å². The van der Waals surface area contributed by atoms with Crippen molar-refractivity contribution in [2.45, 2.75) is 83.5 Å². The third-order valence-electron chi connectivity index (χ3n) is 6.37. The molecule has 0 aliphatic carbocycles. The summed E-state index contributed by atoms with van der Waals surface area (Å²) in [5.41, 5.74) is -1.86. The quantitative estimate of drug-likeness (QED) is 0.149. The molecule has 43 heavy (non-hydrogen) atoms. The van der Waals surface area contributed by atoms with Crippen molar-refractivity contribution in [1.29, 1.82) is 0 Å². The number of carbonyl (C=O) groups excluding carboxylic acids is 2. The Hall–Kier alpha value is -3.99. The van der Waals surface area contributed by atoms with Crippen LogP contribution < -0.4 is 21.9 Å². The van der Waals surface area contributed by atoms with Gasteiger partial charge < -0.3 is 20.1 Å². The predicted molar refractivity (Wildman–Crippen MR) is 165 cm³/mol. The van der Waals surface area contributed by atoms with Gasteiger partial charge in [0.2, 0.25) is 11.7 Å². The molecule has 2 heterocycles. The van der Waals surface area contributed by atoms with E-state index in [-0.39, 0.29) is 25.6 Å². The number of halogens is 1. The van der Waals surface area contributed by atoms with Crippen LogP contribution >= 0.6 is 0 Å². The smallest absolute Gasteiger partial charge is 0.407 e. The zero-order chi connectivity index (χ0) is 31.1. The van der Waals surface area contributed by atoms with E-state index in [0.717, 1.165) is 55.7 Å². The summed E-state index contributed by atoms with van der Waals surface area (Å²) in [6, 6.07) is 0. The van der Waals surface area contributed by atoms with Crippen LogP contribution in [0.3, 0.4) is 0 Å². The van der Waals surface area contributed by atoms with E-state index in [1.165, 1.54) is 0 Å². The molecular weight excluding hydrogens is 555 g/mol. The number of H-pyrrole nitrogens is 1. The van der Waals surface area contributed by atoms with E-state index in [9.17, 15) is 23.6 Å². The summed E-state index contributed by atoms with van der Waals surface area (Å²) in [7, 11) is 0. The fraction of sp³-hybridized carbons (Fsp3) is 0.500. The van der Waals surface area contributed by atoms with Gasteiger partial charge in [0.25, 0.3) is 5.56 Å². The lowest BCUT2D eigenvalue weighted by molar-refractivity contribution is -0.121. The average molecular weight is 601 g/mol. The molecule has 2 unspecified atom stereocenters. The van der Waals surface area contributed by atoms with Gasteiger partial charge in [0.15, 0.2) is 0 Å². The summed E-state index contributed by atoms with van der Waals surface area (Å²) in [6.07, 6.45) is 28.1. The van der Waals surface area contributed by atoms with Crippen LogP contribution in [0, 0.1) is 5.82 Å². The van der Waals surface area contributed by atoms with Crippen LogP contribution in [0.2, 0.25) is 0 Å². The number of hydrogen-bond acceptors (Lipinski definition) is 6. The minimum atomic E-state index is -1.09. The Morgan fingerprint density at radius 1 is 0.953 bits per heavy atom. The van der Waals surface area contributed by atoms with Gasteiger partial charge >= 0.3 is 11.8 Å². The van der Waals surface area contributed by atoms with Crippen molar-refractivity contribution >= 4 is 12.0 Å². The first kappa shape index (κ1) is 35.2. The molecule has 1 aromatic heterocycles. The van der Waals surface area contributed by atoms with Crippen LogP contribution in [0.1, 0.15) is 77.4 Å². The number of amides is 2. The molecule has 11 heteroatoms. The third kappa shape index (κ3) is 15.7. The molecule has 0 saturated carbocycles. The molecule has 1 aliphatic heterocycles. The van der Waals surface area contributed by atoms with Gasteiger partial charge in [-0.15, -0.1) is 0 Å². The van der Waals surface area contributed by atoms with Crippen LogP contribution in [-0.2, 0) is 14.3 Å². The van der Waals surface area contributed by atoms with Gasteiger partial charge in [-0.05, 0) is 57.8 Å². The average Bonchev–Trinajstić information content (AvgIpc) is 3.46. The van der Waals surface area contributed by atoms with Gasteiger partial charge in [-0.2, -0.15) is 4.39 Å². The van der Waals surface area contributed by atoms with E-state index in [2.05, 4.69) is 78.3 Å². The Bertz CT molecular complexity index is 1250. The number of aromatic nitrogens is 2. The molecule has 2 rings (SSSR count). The third-order valence-corrected chi connectivity index (χ3v) is 6.37. The first-order chi connectivity index (χ1) is 20.9. The van der Waals surface area contributed by atoms with Crippen molar-refractivity contribution in [3.05, 3.63) is 93.6 Å². The standard InChI is InChI=1S/C32H45FN4O6/c1-2-3-4-5-6-7-8-9-10-11-12-13-14-15-16-17-18-19-28(38)34-22-23-35-32(41)42-25-26-20-21-29(43-26)37-24-27(33)30(39)36-31(37)40/h3-4,6-7,9-10,12-13,15-16,24,26,29H,2,5,8,11,14,17-23,25H2,1H3,(H,34,38)(H,35,41)(H,36,39,40)/b4-3-,7-6-,10-9-,13-12-,16-15-. The zero-order valence-electron chi connectivity index (χ0n) is 25.0. The molecule has 0 bridgehead atoms. The molecule has 1 aliphatic rings. The number of carbonyl (C=O) groups is 2. The zero-order valence-corrected chi connectivity index (χ0v) is 25.0. The van der Waals surface area contributed by atoms with Crippen molar-refractivity contribution in [2.24, 2.45) is 0 Å². The lowest BCUT2D eigenvalue weighted by Gasteiger charge is -2.16. The topological polar surface area (TPSA) is 132 Å². The van der Waals surface area contributed by atoms with Crippen molar-refractivity contribution in [2.75, 3.05) is 19.7 Å². The molecule has 1 saturated heterocycles. The highest BCUT2D eigenvalue weighted by Crippen LogP contribution is 2.27. The summed E-state index contributed by atoms with van der Waals surface area (Å²) in [5.74, 6) is -1.17. The molecular formula is C32H45FN4O6. The van der Waals surface area contributed by atoms with Gasteiger partial charge in [-0.1, -0.05) is 67.7 Å². The monoisotopic (exact) mass is 600 g/mol. The Balaban J connectivity index is 1.44. The SMILES string of the molecule is CC/C=C\C/C=C\C/C=C\C/C=C\C/C=C\CCCC(=O)NCCNC(=O)OCC1CCC(n2cc(F)c(=O)[nH]c2=O)O1. The number of hydrogen-bond donors (Lipinski definition) is 3. The number of nitrogens with one attached hydrogen (secondary N) is 3. The summed E-state index contributed by atoms with van der Waals surface area (Å²) in [4.78, 5) is 48.8. The van der Waals surface area contributed by atoms with Crippen molar-refractivity contribution < 1.29 is 23.5 Å². The number of alkyl carbamates (subject to hydrolysis) is 1. The van der Waals surface area contributed by atoms with Gasteiger partial charge in [0.1, 0.15) is 12.8 Å². The number of nitrogens with zero attached hydrogens (tertiary/aromatic N) is 1. The number of rotatable bonds is 19. The number of allylic oxidation sites excluding steroid dienone is 10. The van der Waals surface area contributed by atoms with E-state index in [1.54, 1.807) is 0 Å². The molecule has 0 spiro atoms. The lowest BCUT2D eigenvalue weighted by atomic mass is 10.2. The second-order valence-corrected chi connectivity index (χ2v) is 9.91. The highest BCUT2D eigenvalue weighted by atomic mass is 19.1. The van der Waals surface area contributed by atoms with Gasteiger partial charge in [-0.3, -0.25) is 19.1 Å². The molecule has 0 radical (unpaired) electrons. The van der Waals surface area contributed by atoms with E-state index in [1.807, 2.05) is 4.98 Å². The Labute approximate surface area is 252 Å². The van der Waals surface area contributed by atoms with Crippen LogP contribution in [0.15, 0.2) is 76.5 Å². The van der Waals surface area contributed by atoms with Gasteiger partial charge in [0, 0.05) is 19.5 Å². The maximum absolute atomic E-state index is 13.5. The Morgan fingerprint density at radius 3 is 2.21 bits per heavy atom. The molecule has 10 nitrogen and oxygen atoms in total. The maximum atomic E-state index is 13.5. The molecule has 236 valence electrons. The van der Waals surface area contributed by atoms with Crippen LogP contribution in [0.5, 0.6) is 0 Å². The fourth-order valence-electron chi connectivity index (χ4n) is 4.11. The van der Waals surface area contributed by atoms with Crippen LogP contribution in [0.25, 0.3) is 0 Å². The summed E-state index contributed by atoms with van der Waals surface area (Å²) in [5, 5.41) is 5.31. The Morgan fingerprint density at radius 2 is 1.56 bits per heavy atom. The number of aromatic amines is 1. The highest BCUT2D eigenvalue weighted by Gasteiger charge is 2.28. The van der Waals surface area contributed by atoms with Crippen molar-refractivity contribution in [3.8, 4) is 0 Å². The molecule has 3 N–H and O–H groups in total. The first-order valence-electron chi connectivity index (χ1n) is 15.0. The van der Waals surface area contributed by atoms with Gasteiger partial charge in [0.05, 0.1) is 12.3 Å². The summed E-state index contributed by atoms with van der Waals surface area (Å²) >= 11 is 0. The lowest BCUT2D eigenvalue weighted by Crippen LogP contribution is -2.36. The highest BCUT2D eigenvalue weighted by molar-refractivity contribution is 5.75. The van der Waals surface area contributed by atoms with Crippen molar-refractivity contribution in [1.82, 2.24) is 20.2 Å². The van der Waals surface area contributed by atoms with E-state index in [0.29, 0.717) is 19.3 Å². The number of unbranched alkanes of at least 4 members (excludes halogenated alkanes) is 1.